The molecule has 0 bridgehead atoms. The molecule has 140 valence electrons. The molecule has 0 saturated heterocycles. The minimum absolute atomic E-state index is 0.0944. The maximum Gasteiger partial charge on any atom is 0.456 e. The first-order valence-corrected chi connectivity index (χ1v) is 9.71. The number of ketones is 2. The van der Waals surface area contributed by atoms with Gasteiger partial charge in [-0.15, -0.1) is 4.79 Å². The lowest BCUT2D eigenvalue weighted by Crippen LogP contribution is -2.29. The fourth-order valence-corrected chi connectivity index (χ4v) is 3.70. The number of Topliss-reactive ketones (excluding diaryl/α,β-unsaturated/α-hetero) is 2. The van der Waals surface area contributed by atoms with E-state index in [1.807, 2.05) is 0 Å². The molecule has 0 heterocycles. The van der Waals surface area contributed by atoms with E-state index in [9.17, 15) is 23.5 Å². The lowest BCUT2D eigenvalue weighted by Gasteiger charge is -2.18. The maximum absolute atomic E-state index is 12.9. The van der Waals surface area contributed by atoms with Crippen molar-refractivity contribution in [2.45, 2.75) is 32.6 Å². The van der Waals surface area contributed by atoms with Crippen molar-refractivity contribution in [3.8, 4) is 0 Å². The van der Waals surface area contributed by atoms with Gasteiger partial charge in [0.15, 0.2) is 5.78 Å². The van der Waals surface area contributed by atoms with Crippen LogP contribution in [0.2, 0.25) is 0 Å². The Morgan fingerprint density at radius 2 is 1.56 bits per heavy atom. The Morgan fingerprint density at radius 1 is 0.963 bits per heavy atom. The summed E-state index contributed by atoms with van der Waals surface area (Å²) in [6.07, 6.45) is 0. The third-order valence-electron chi connectivity index (χ3n) is 3.94. The lowest BCUT2D eigenvalue weighted by atomic mass is 9.83. The van der Waals surface area contributed by atoms with Crippen molar-refractivity contribution < 1.29 is 22.8 Å². The van der Waals surface area contributed by atoms with Gasteiger partial charge in [0.05, 0.1) is 4.90 Å². The van der Waals surface area contributed by atoms with Gasteiger partial charge in [0.25, 0.3) is 15.6 Å². The molecular weight excluding hydrogens is 364 g/mol. The SMILES string of the molecule is Cc1ccc(C(=O)C(=[N+]=[N-])S(=O)(=O)c2ccccc2)c(C(=O)C(C)(C)C)c1. The summed E-state index contributed by atoms with van der Waals surface area (Å²) in [5, 5.41) is -1.03. The molecule has 0 radical (unpaired) electrons. The van der Waals surface area contributed by atoms with Crippen LogP contribution in [0.4, 0.5) is 0 Å². The van der Waals surface area contributed by atoms with Gasteiger partial charge in [0.1, 0.15) is 0 Å². The molecule has 2 aromatic rings. The zero-order valence-corrected chi connectivity index (χ0v) is 16.4. The molecule has 0 spiro atoms. The van der Waals surface area contributed by atoms with Crippen molar-refractivity contribution in [2.75, 3.05) is 0 Å². The van der Waals surface area contributed by atoms with Crippen molar-refractivity contribution in [2.24, 2.45) is 5.41 Å². The van der Waals surface area contributed by atoms with Crippen LogP contribution in [0.5, 0.6) is 0 Å². The lowest BCUT2D eigenvalue weighted by molar-refractivity contribution is -0.00159. The summed E-state index contributed by atoms with van der Waals surface area (Å²) in [7, 11) is -4.35. The summed E-state index contributed by atoms with van der Waals surface area (Å²) in [6, 6.07) is 11.7. The van der Waals surface area contributed by atoms with E-state index in [-0.39, 0.29) is 21.8 Å². The van der Waals surface area contributed by atoms with Crippen LogP contribution < -0.4 is 0 Å². The molecule has 0 N–H and O–H groups in total. The predicted octanol–water partition coefficient (Wildman–Crippen LogP) is 3.51. The normalized spacial score (nSPS) is 11.6. The van der Waals surface area contributed by atoms with E-state index in [0.717, 1.165) is 5.56 Å². The van der Waals surface area contributed by atoms with Gasteiger partial charge >= 0.3 is 5.04 Å². The summed E-state index contributed by atoms with van der Waals surface area (Å²) in [4.78, 5) is 28.3. The average Bonchev–Trinajstić information content (AvgIpc) is 2.61. The highest BCUT2D eigenvalue weighted by Gasteiger charge is 2.40. The Labute approximate surface area is 158 Å². The van der Waals surface area contributed by atoms with Gasteiger partial charge in [-0.3, -0.25) is 9.59 Å². The van der Waals surface area contributed by atoms with E-state index >= 15 is 0 Å². The molecule has 0 amide bonds. The molecule has 0 aliphatic rings. The predicted molar refractivity (Wildman–Crippen MR) is 102 cm³/mol. The van der Waals surface area contributed by atoms with E-state index in [4.69, 9.17) is 0 Å². The third-order valence-corrected chi connectivity index (χ3v) is 5.61. The van der Waals surface area contributed by atoms with Crippen LogP contribution >= 0.6 is 0 Å². The molecule has 2 aromatic carbocycles. The standard InChI is InChI=1S/C20H20N2O4S/c1-13-10-11-15(16(12-13)18(24)20(2,3)4)17(23)19(22-21)27(25,26)14-8-6-5-7-9-14/h5-12H,1-4H3. The highest BCUT2D eigenvalue weighted by molar-refractivity contribution is 8.08. The van der Waals surface area contributed by atoms with Gasteiger partial charge < -0.3 is 5.53 Å². The highest BCUT2D eigenvalue weighted by atomic mass is 32.2. The molecule has 0 unspecified atom stereocenters. The average molecular weight is 384 g/mol. The number of hydrogen-bond acceptors (Lipinski definition) is 4. The molecule has 2 rings (SSSR count). The van der Waals surface area contributed by atoms with Crippen molar-refractivity contribution in [1.82, 2.24) is 0 Å². The van der Waals surface area contributed by atoms with Crippen LogP contribution in [-0.2, 0) is 9.84 Å². The molecule has 0 aromatic heterocycles. The number of nitrogens with zero attached hydrogens (tertiary/aromatic N) is 2. The molecule has 0 fully saturated rings. The van der Waals surface area contributed by atoms with Crippen LogP contribution in [0.25, 0.3) is 5.53 Å². The zero-order chi connectivity index (χ0) is 20.4. The van der Waals surface area contributed by atoms with Gasteiger partial charge in [-0.25, -0.2) is 8.42 Å². The molecule has 6 nitrogen and oxygen atoms in total. The van der Waals surface area contributed by atoms with Crippen LogP contribution in [0.3, 0.4) is 0 Å². The van der Waals surface area contributed by atoms with Crippen molar-refractivity contribution in [3.05, 3.63) is 70.8 Å². The maximum atomic E-state index is 12.9. The van der Waals surface area contributed by atoms with Crippen LogP contribution in [0.1, 0.15) is 47.1 Å². The van der Waals surface area contributed by atoms with E-state index in [1.54, 1.807) is 39.8 Å². The Hall–Kier alpha value is -2.89. The molecule has 7 heteroatoms. The topological polar surface area (TPSA) is 105 Å². The Balaban J connectivity index is 2.64. The summed E-state index contributed by atoms with van der Waals surface area (Å²) < 4.78 is 25.5. The number of hydrogen-bond donors (Lipinski definition) is 0. The second-order valence-electron chi connectivity index (χ2n) is 7.18. The second kappa shape index (κ2) is 7.39. The van der Waals surface area contributed by atoms with Gasteiger partial charge in [0.2, 0.25) is 0 Å². The number of carbonyl (C=O) groups excluding carboxylic acids is 2. The molecule has 0 aliphatic carbocycles. The van der Waals surface area contributed by atoms with Crippen molar-refractivity contribution in [3.63, 3.8) is 0 Å². The summed E-state index contributed by atoms with van der Waals surface area (Å²) in [5.41, 5.74) is 9.24. The van der Waals surface area contributed by atoms with E-state index in [1.165, 1.54) is 36.4 Å². The second-order valence-corrected chi connectivity index (χ2v) is 9.04. The molecule has 0 saturated carbocycles. The summed E-state index contributed by atoms with van der Waals surface area (Å²) in [6.45, 7) is 6.87. The van der Waals surface area contributed by atoms with Gasteiger partial charge in [-0.1, -0.05) is 50.6 Å². The minimum atomic E-state index is -4.35. The van der Waals surface area contributed by atoms with E-state index < -0.39 is 26.1 Å². The molecule has 0 aliphatic heterocycles. The number of sulfone groups is 1. The van der Waals surface area contributed by atoms with Gasteiger partial charge in [-0.2, -0.15) is 0 Å². The smallest absolute Gasteiger partial charge is 0.360 e. The van der Waals surface area contributed by atoms with Gasteiger partial charge in [0, 0.05) is 16.5 Å². The quantitative estimate of drug-likeness (QED) is 0.264. The molecular formula is C20H20N2O4S. The van der Waals surface area contributed by atoms with E-state index in [2.05, 4.69) is 4.79 Å². The highest BCUT2D eigenvalue weighted by Crippen LogP contribution is 2.25. The number of carbonyl (C=O) groups is 2. The number of aryl methyl sites for hydroxylation is 1. The van der Waals surface area contributed by atoms with Crippen LogP contribution in [0, 0.1) is 12.3 Å². The monoisotopic (exact) mass is 384 g/mol. The summed E-state index contributed by atoms with van der Waals surface area (Å²) in [5.74, 6) is -1.35. The molecule has 0 atom stereocenters. The minimum Gasteiger partial charge on any atom is -0.360 e. The van der Waals surface area contributed by atoms with Crippen LogP contribution in [-0.4, -0.2) is 29.8 Å². The summed E-state index contributed by atoms with van der Waals surface area (Å²) >= 11 is 0. The number of rotatable bonds is 4. The third kappa shape index (κ3) is 4.10. The molecule has 27 heavy (non-hydrogen) atoms. The van der Waals surface area contributed by atoms with Crippen molar-refractivity contribution >= 4 is 26.4 Å². The van der Waals surface area contributed by atoms with E-state index in [0.29, 0.717) is 0 Å². The number of benzene rings is 2. The Kier molecular flexibility index (Phi) is 5.59. The van der Waals surface area contributed by atoms with Crippen LogP contribution in [0.15, 0.2) is 53.4 Å². The zero-order valence-electron chi connectivity index (χ0n) is 15.6. The fourth-order valence-electron chi connectivity index (χ4n) is 2.50. The van der Waals surface area contributed by atoms with Gasteiger partial charge in [-0.05, 0) is 31.2 Å². The first-order chi connectivity index (χ1) is 12.5. The largest absolute Gasteiger partial charge is 0.456 e. The first kappa shape index (κ1) is 20.4. The first-order valence-electron chi connectivity index (χ1n) is 8.22. The fraction of sp³-hybridized carbons (Fsp3) is 0.250. The Morgan fingerprint density at radius 3 is 2.07 bits per heavy atom. The van der Waals surface area contributed by atoms with Crippen molar-refractivity contribution in [1.29, 1.82) is 0 Å². The Bertz CT molecular complexity index is 1060.